The predicted octanol–water partition coefficient (Wildman–Crippen LogP) is 6.21. The van der Waals surface area contributed by atoms with Gasteiger partial charge in [0, 0.05) is 37.5 Å². The molecule has 0 aliphatic rings. The quantitative estimate of drug-likeness (QED) is 0.278. The monoisotopic (exact) mass is 558 g/mol. The molecule has 4 aromatic rings. The zero-order valence-electron chi connectivity index (χ0n) is 18.3. The Morgan fingerprint density at radius 2 is 1.94 bits per heavy atom. The van der Waals surface area contributed by atoms with Gasteiger partial charge in [-0.15, -0.1) is 0 Å². The van der Waals surface area contributed by atoms with E-state index < -0.39 is 0 Å². The molecular formula is C25H21BrCl2N4O2. The molecule has 0 saturated carbocycles. The summed E-state index contributed by atoms with van der Waals surface area (Å²) in [7, 11) is 0. The number of pyridine rings is 1. The first-order valence-corrected chi connectivity index (χ1v) is 12.0. The maximum absolute atomic E-state index is 12.6. The third-order valence-electron chi connectivity index (χ3n) is 5.11. The lowest BCUT2D eigenvalue weighted by Gasteiger charge is -2.14. The number of benzene rings is 2. The molecule has 4 rings (SSSR count). The van der Waals surface area contributed by atoms with Crippen molar-refractivity contribution in [2.45, 2.75) is 26.6 Å². The third-order valence-corrected chi connectivity index (χ3v) is 6.19. The minimum Gasteiger partial charge on any atom is -0.488 e. The number of aromatic nitrogens is 3. The van der Waals surface area contributed by atoms with Crippen molar-refractivity contribution in [1.29, 1.82) is 0 Å². The first-order chi connectivity index (χ1) is 16.4. The summed E-state index contributed by atoms with van der Waals surface area (Å²) in [4.78, 5) is 16.8. The summed E-state index contributed by atoms with van der Waals surface area (Å²) in [6.07, 6.45) is 1.69. The van der Waals surface area contributed by atoms with E-state index in [1.807, 2.05) is 49.4 Å². The van der Waals surface area contributed by atoms with Crippen LogP contribution in [0.1, 0.15) is 33.0 Å². The van der Waals surface area contributed by atoms with Crippen LogP contribution in [0.2, 0.25) is 10.0 Å². The molecule has 6 nitrogen and oxygen atoms in total. The summed E-state index contributed by atoms with van der Waals surface area (Å²) in [5.41, 5.74) is 3.73. The van der Waals surface area contributed by atoms with Crippen LogP contribution in [-0.2, 0) is 19.7 Å². The molecule has 0 spiro atoms. The number of carbonyl (C=O) groups excluding carboxylic acids is 1. The first kappa shape index (κ1) is 24.3. The third kappa shape index (κ3) is 6.17. The molecule has 2 aromatic heterocycles. The highest BCUT2D eigenvalue weighted by molar-refractivity contribution is 9.10. The van der Waals surface area contributed by atoms with Crippen LogP contribution in [-0.4, -0.2) is 20.7 Å². The van der Waals surface area contributed by atoms with Gasteiger partial charge in [0.15, 0.2) is 0 Å². The molecule has 1 N–H and O–H groups in total. The number of nitrogens with one attached hydrogen (secondary N) is 1. The van der Waals surface area contributed by atoms with Crippen LogP contribution < -0.4 is 10.1 Å². The van der Waals surface area contributed by atoms with Gasteiger partial charge in [-0.2, -0.15) is 5.10 Å². The number of nitrogens with zero attached hydrogens (tertiary/aromatic N) is 3. The number of halogens is 3. The summed E-state index contributed by atoms with van der Waals surface area (Å²) in [6.45, 7) is 2.98. The van der Waals surface area contributed by atoms with E-state index in [4.69, 9.17) is 27.9 Å². The van der Waals surface area contributed by atoms with Crippen molar-refractivity contribution in [1.82, 2.24) is 20.1 Å². The number of rotatable bonds is 8. The van der Waals surface area contributed by atoms with Crippen LogP contribution in [0.5, 0.6) is 5.75 Å². The van der Waals surface area contributed by atoms with E-state index in [0.29, 0.717) is 41.2 Å². The number of hydrogen-bond donors (Lipinski definition) is 1. The molecule has 0 aliphatic heterocycles. The zero-order chi connectivity index (χ0) is 24.1. The summed E-state index contributed by atoms with van der Waals surface area (Å²) in [5, 5.41) is 8.49. The number of amides is 1. The van der Waals surface area contributed by atoms with Gasteiger partial charge < -0.3 is 10.1 Å². The predicted molar refractivity (Wildman–Crippen MR) is 136 cm³/mol. The molecule has 174 valence electrons. The molecule has 9 heteroatoms. The number of hydrogen-bond acceptors (Lipinski definition) is 4. The second-order valence-electron chi connectivity index (χ2n) is 7.61. The summed E-state index contributed by atoms with van der Waals surface area (Å²) >= 11 is 15.8. The topological polar surface area (TPSA) is 69.0 Å². The Morgan fingerprint density at radius 1 is 1.09 bits per heavy atom. The van der Waals surface area contributed by atoms with E-state index in [9.17, 15) is 4.79 Å². The van der Waals surface area contributed by atoms with E-state index in [1.54, 1.807) is 29.1 Å². The molecule has 0 saturated heterocycles. The normalized spacial score (nSPS) is 10.8. The van der Waals surface area contributed by atoms with Gasteiger partial charge in [-0.25, -0.2) is 0 Å². The van der Waals surface area contributed by atoms with E-state index in [1.165, 1.54) is 0 Å². The van der Waals surface area contributed by atoms with E-state index in [2.05, 4.69) is 31.3 Å². The van der Waals surface area contributed by atoms with E-state index in [-0.39, 0.29) is 5.91 Å². The van der Waals surface area contributed by atoms with Crippen molar-refractivity contribution in [3.05, 3.63) is 110 Å². The number of aryl methyl sites for hydroxylation is 1. The van der Waals surface area contributed by atoms with Crippen LogP contribution in [0, 0.1) is 6.92 Å². The Balaban J connectivity index is 1.47. The smallest absolute Gasteiger partial charge is 0.272 e. The van der Waals surface area contributed by atoms with Crippen molar-refractivity contribution in [3.8, 4) is 5.75 Å². The second kappa shape index (κ2) is 11.0. The van der Waals surface area contributed by atoms with Crippen molar-refractivity contribution in [2.75, 3.05) is 0 Å². The second-order valence-corrected chi connectivity index (χ2v) is 9.37. The van der Waals surface area contributed by atoms with Gasteiger partial charge in [-0.1, -0.05) is 51.3 Å². The average molecular weight is 560 g/mol. The van der Waals surface area contributed by atoms with Crippen LogP contribution in [0.4, 0.5) is 0 Å². The number of ether oxygens (including phenoxy) is 1. The van der Waals surface area contributed by atoms with E-state index in [0.717, 1.165) is 27.0 Å². The highest BCUT2D eigenvalue weighted by Gasteiger charge is 2.15. The van der Waals surface area contributed by atoms with Crippen LogP contribution in [0.3, 0.4) is 0 Å². The van der Waals surface area contributed by atoms with Gasteiger partial charge in [0.1, 0.15) is 18.1 Å². The Kier molecular flexibility index (Phi) is 7.88. The fourth-order valence-electron chi connectivity index (χ4n) is 3.31. The van der Waals surface area contributed by atoms with Crippen molar-refractivity contribution < 1.29 is 9.53 Å². The molecular weight excluding hydrogens is 539 g/mol. The van der Waals surface area contributed by atoms with Crippen molar-refractivity contribution in [3.63, 3.8) is 0 Å². The Hall–Kier alpha value is -2.87. The average Bonchev–Trinajstić information content (AvgIpc) is 3.19. The molecule has 0 bridgehead atoms. The molecule has 0 atom stereocenters. The first-order valence-electron chi connectivity index (χ1n) is 10.5. The highest BCUT2D eigenvalue weighted by Crippen LogP contribution is 2.27. The molecule has 0 fully saturated rings. The Bertz CT molecular complexity index is 1310. The fraction of sp³-hybridized carbons (Fsp3) is 0.160. The van der Waals surface area contributed by atoms with Crippen LogP contribution in [0.25, 0.3) is 0 Å². The van der Waals surface area contributed by atoms with Crippen molar-refractivity contribution in [2.24, 2.45) is 0 Å². The maximum Gasteiger partial charge on any atom is 0.272 e. The molecule has 2 heterocycles. The highest BCUT2D eigenvalue weighted by atomic mass is 79.9. The lowest BCUT2D eigenvalue weighted by atomic mass is 10.2. The molecule has 0 unspecified atom stereocenters. The van der Waals surface area contributed by atoms with Gasteiger partial charge in [0.2, 0.25) is 0 Å². The van der Waals surface area contributed by atoms with Gasteiger partial charge in [0.25, 0.3) is 5.91 Å². The fourth-order valence-corrected chi connectivity index (χ4v) is 4.18. The maximum atomic E-state index is 12.6. The summed E-state index contributed by atoms with van der Waals surface area (Å²) in [6, 6.07) is 18.4. The van der Waals surface area contributed by atoms with Gasteiger partial charge in [-0.05, 0) is 55.5 Å². The molecule has 1 amide bonds. The number of carbonyl (C=O) groups is 1. The lowest BCUT2D eigenvalue weighted by Crippen LogP contribution is -2.24. The SMILES string of the molecule is Cc1cc(C(=O)NCc2ccccn2)nn1Cc1cc(Br)ccc1OCc1ccc(Cl)cc1Cl. The van der Waals surface area contributed by atoms with Gasteiger partial charge in [0.05, 0.1) is 18.8 Å². The minimum atomic E-state index is -0.254. The lowest BCUT2D eigenvalue weighted by molar-refractivity contribution is 0.0944. The Labute approximate surface area is 216 Å². The van der Waals surface area contributed by atoms with Gasteiger partial charge >= 0.3 is 0 Å². The largest absolute Gasteiger partial charge is 0.488 e. The minimum absolute atomic E-state index is 0.254. The summed E-state index contributed by atoms with van der Waals surface area (Å²) in [5.74, 6) is 0.445. The standard InChI is InChI=1S/C25H21BrCl2N4O2/c1-16-10-23(25(33)30-13-21-4-2-3-9-29-21)31-32(16)14-18-11-19(26)6-8-24(18)34-15-17-5-7-20(27)12-22(17)28/h2-12H,13-15H2,1H3,(H,30,33). The van der Waals surface area contributed by atoms with Crippen LogP contribution in [0.15, 0.2) is 71.3 Å². The van der Waals surface area contributed by atoms with Crippen LogP contribution >= 0.6 is 39.1 Å². The molecule has 34 heavy (non-hydrogen) atoms. The molecule has 0 aliphatic carbocycles. The zero-order valence-corrected chi connectivity index (χ0v) is 21.4. The van der Waals surface area contributed by atoms with Crippen molar-refractivity contribution >= 4 is 45.0 Å². The molecule has 2 aromatic carbocycles. The summed E-state index contributed by atoms with van der Waals surface area (Å²) < 4.78 is 8.77. The molecule has 0 radical (unpaired) electrons. The Morgan fingerprint density at radius 3 is 2.71 bits per heavy atom. The van der Waals surface area contributed by atoms with E-state index >= 15 is 0 Å². The van der Waals surface area contributed by atoms with Gasteiger partial charge in [-0.3, -0.25) is 14.5 Å².